The highest BCUT2D eigenvalue weighted by Crippen LogP contribution is 2.24. The van der Waals surface area contributed by atoms with Crippen LogP contribution in [0.3, 0.4) is 0 Å². The van der Waals surface area contributed by atoms with Gasteiger partial charge in [-0.1, -0.05) is 23.4 Å². The van der Waals surface area contributed by atoms with Crippen molar-refractivity contribution in [3.8, 4) is 0 Å². The molecule has 5 heteroatoms. The highest BCUT2D eigenvalue weighted by molar-refractivity contribution is 6.05. The second kappa shape index (κ2) is 6.54. The van der Waals surface area contributed by atoms with E-state index in [1.54, 1.807) is 18.1 Å². The van der Waals surface area contributed by atoms with Crippen molar-refractivity contribution in [2.24, 2.45) is 0 Å². The lowest BCUT2D eigenvalue weighted by atomic mass is 10.1. The molecule has 0 saturated carbocycles. The van der Waals surface area contributed by atoms with Crippen LogP contribution >= 0.6 is 0 Å². The quantitative estimate of drug-likeness (QED) is 0.848. The maximum atomic E-state index is 12.7. The first-order valence-electron chi connectivity index (χ1n) is 6.88. The van der Waals surface area contributed by atoms with E-state index in [1.807, 2.05) is 45.0 Å². The first-order valence-corrected chi connectivity index (χ1v) is 6.88. The van der Waals surface area contributed by atoms with Gasteiger partial charge in [0, 0.05) is 24.9 Å². The molecule has 1 aromatic heterocycles. The number of methoxy groups -OCH3 is 1. The average molecular weight is 288 g/mol. The van der Waals surface area contributed by atoms with Crippen LogP contribution in [0.2, 0.25) is 0 Å². The molecule has 112 valence electrons. The predicted molar refractivity (Wildman–Crippen MR) is 80.3 cm³/mol. The average Bonchev–Trinajstić information content (AvgIpc) is 2.90. The van der Waals surface area contributed by atoms with Crippen molar-refractivity contribution >= 4 is 11.6 Å². The van der Waals surface area contributed by atoms with E-state index in [4.69, 9.17) is 9.26 Å². The molecule has 0 unspecified atom stereocenters. The second-order valence-electron chi connectivity index (χ2n) is 5.17. The minimum atomic E-state index is -0.176. The molecular formula is C16H20N2O3. The fourth-order valence-corrected chi connectivity index (χ4v) is 2.20. The first-order chi connectivity index (χ1) is 10.0. The summed E-state index contributed by atoms with van der Waals surface area (Å²) in [5, 5.41) is 3.85. The summed E-state index contributed by atoms with van der Waals surface area (Å²) in [5.41, 5.74) is 2.22. The Kier molecular flexibility index (Phi) is 4.75. The number of hydrogen-bond acceptors (Lipinski definition) is 4. The van der Waals surface area contributed by atoms with Gasteiger partial charge in [0.25, 0.3) is 5.91 Å². The summed E-state index contributed by atoms with van der Waals surface area (Å²) in [6.45, 7) is 6.23. The van der Waals surface area contributed by atoms with Crippen molar-refractivity contribution in [2.45, 2.75) is 33.4 Å². The molecule has 0 aliphatic rings. The molecule has 0 fully saturated rings. The number of para-hydroxylation sites is 1. The summed E-state index contributed by atoms with van der Waals surface area (Å²) in [5.74, 6) is 0.361. The third kappa shape index (κ3) is 3.31. The summed E-state index contributed by atoms with van der Waals surface area (Å²) >= 11 is 0. The molecule has 1 aromatic carbocycles. The summed E-state index contributed by atoms with van der Waals surface area (Å²) < 4.78 is 10.1. The van der Waals surface area contributed by atoms with Crippen LogP contribution in [0.1, 0.15) is 35.7 Å². The third-order valence-electron chi connectivity index (χ3n) is 3.17. The number of amides is 1. The van der Waals surface area contributed by atoms with Crippen LogP contribution < -0.4 is 4.90 Å². The highest BCUT2D eigenvalue weighted by Gasteiger charge is 2.24. The minimum absolute atomic E-state index is 0.0150. The van der Waals surface area contributed by atoms with Gasteiger partial charge in [-0.3, -0.25) is 4.79 Å². The van der Waals surface area contributed by atoms with Gasteiger partial charge in [0.2, 0.25) is 0 Å². The van der Waals surface area contributed by atoms with E-state index >= 15 is 0 Å². The van der Waals surface area contributed by atoms with Gasteiger partial charge in [0.15, 0.2) is 11.5 Å². The van der Waals surface area contributed by atoms with E-state index in [1.165, 1.54) is 0 Å². The second-order valence-corrected chi connectivity index (χ2v) is 5.17. The minimum Gasteiger partial charge on any atom is -0.377 e. The van der Waals surface area contributed by atoms with Gasteiger partial charge in [-0.25, -0.2) is 0 Å². The number of aryl methyl sites for hydroxylation is 1. The Balaban J connectivity index is 2.34. The summed E-state index contributed by atoms with van der Waals surface area (Å²) in [6.07, 6.45) is 0. The number of rotatable bonds is 5. The number of ether oxygens (including phenoxy) is 1. The predicted octanol–water partition coefficient (Wildman–Crippen LogP) is 3.18. The lowest BCUT2D eigenvalue weighted by Crippen LogP contribution is -2.37. The molecule has 1 amide bonds. The lowest BCUT2D eigenvalue weighted by Gasteiger charge is -2.27. The van der Waals surface area contributed by atoms with Crippen molar-refractivity contribution in [3.05, 3.63) is 47.3 Å². The van der Waals surface area contributed by atoms with Crippen molar-refractivity contribution < 1.29 is 14.1 Å². The third-order valence-corrected chi connectivity index (χ3v) is 3.17. The van der Waals surface area contributed by atoms with Gasteiger partial charge < -0.3 is 14.2 Å². The largest absolute Gasteiger partial charge is 0.377 e. The van der Waals surface area contributed by atoms with Gasteiger partial charge >= 0.3 is 0 Å². The van der Waals surface area contributed by atoms with Gasteiger partial charge in [-0.05, 0) is 32.4 Å². The van der Waals surface area contributed by atoms with Gasteiger partial charge in [-0.2, -0.15) is 0 Å². The maximum Gasteiger partial charge on any atom is 0.280 e. The zero-order valence-electron chi connectivity index (χ0n) is 12.8. The number of anilines is 1. The summed E-state index contributed by atoms with van der Waals surface area (Å²) in [6, 6.07) is 9.43. The number of aromatic nitrogens is 1. The van der Waals surface area contributed by atoms with Crippen molar-refractivity contribution in [2.75, 3.05) is 12.0 Å². The number of nitrogens with zero attached hydrogens (tertiary/aromatic N) is 2. The van der Waals surface area contributed by atoms with Crippen molar-refractivity contribution in [3.63, 3.8) is 0 Å². The maximum absolute atomic E-state index is 12.7. The van der Waals surface area contributed by atoms with Crippen LogP contribution in [0, 0.1) is 6.92 Å². The smallest absolute Gasteiger partial charge is 0.280 e. The molecule has 2 rings (SSSR count). The van der Waals surface area contributed by atoms with Gasteiger partial charge in [0.1, 0.15) is 6.61 Å². The Morgan fingerprint density at radius 3 is 2.71 bits per heavy atom. The van der Waals surface area contributed by atoms with E-state index in [9.17, 15) is 4.79 Å². The van der Waals surface area contributed by atoms with Crippen LogP contribution in [0.4, 0.5) is 5.69 Å². The standard InChI is InChI=1S/C16H20N2O3/c1-11(2)18(15-8-6-5-7-12(15)3)16(19)14-9-13(10-20-4)21-17-14/h5-9,11H,10H2,1-4H3. The van der Waals surface area contributed by atoms with E-state index in [-0.39, 0.29) is 11.9 Å². The number of hydrogen-bond donors (Lipinski definition) is 0. The topological polar surface area (TPSA) is 55.6 Å². The highest BCUT2D eigenvalue weighted by atomic mass is 16.5. The van der Waals surface area contributed by atoms with Gasteiger partial charge in [-0.15, -0.1) is 0 Å². The first kappa shape index (κ1) is 15.3. The molecule has 0 atom stereocenters. The van der Waals surface area contributed by atoms with E-state index < -0.39 is 0 Å². The lowest BCUT2D eigenvalue weighted by molar-refractivity contribution is 0.0970. The molecule has 0 radical (unpaired) electrons. The number of benzene rings is 1. The fourth-order valence-electron chi connectivity index (χ4n) is 2.20. The van der Waals surface area contributed by atoms with E-state index in [2.05, 4.69) is 5.16 Å². The van der Waals surface area contributed by atoms with Crippen molar-refractivity contribution in [1.82, 2.24) is 5.16 Å². The van der Waals surface area contributed by atoms with Gasteiger partial charge in [0.05, 0.1) is 0 Å². The molecule has 2 aromatic rings. The molecule has 0 bridgehead atoms. The molecule has 21 heavy (non-hydrogen) atoms. The van der Waals surface area contributed by atoms with Crippen LogP contribution in [-0.4, -0.2) is 24.2 Å². The normalized spacial score (nSPS) is 10.9. The van der Waals surface area contributed by atoms with Crippen molar-refractivity contribution in [1.29, 1.82) is 0 Å². The summed E-state index contributed by atoms with van der Waals surface area (Å²) in [7, 11) is 1.57. The van der Waals surface area contributed by atoms with E-state index in [0.29, 0.717) is 18.1 Å². The monoisotopic (exact) mass is 288 g/mol. The van der Waals surface area contributed by atoms with Crippen LogP contribution in [-0.2, 0) is 11.3 Å². The van der Waals surface area contributed by atoms with Crippen LogP contribution in [0.5, 0.6) is 0 Å². The Morgan fingerprint density at radius 1 is 1.38 bits per heavy atom. The molecule has 1 heterocycles. The molecule has 5 nitrogen and oxygen atoms in total. The Bertz CT molecular complexity index is 619. The Labute approximate surface area is 124 Å². The molecule has 0 saturated heterocycles. The van der Waals surface area contributed by atoms with Crippen LogP contribution in [0.25, 0.3) is 0 Å². The zero-order valence-corrected chi connectivity index (χ0v) is 12.8. The Hall–Kier alpha value is -2.14. The molecule has 0 spiro atoms. The van der Waals surface area contributed by atoms with E-state index in [0.717, 1.165) is 11.3 Å². The number of carbonyl (C=O) groups is 1. The zero-order chi connectivity index (χ0) is 15.4. The molecule has 0 aliphatic heterocycles. The number of carbonyl (C=O) groups excluding carboxylic acids is 1. The SMILES string of the molecule is COCc1cc(C(=O)N(c2ccccc2C)C(C)C)no1. The molecular weight excluding hydrogens is 268 g/mol. The van der Waals surface area contributed by atoms with Crippen LogP contribution in [0.15, 0.2) is 34.9 Å². The Morgan fingerprint density at radius 2 is 2.10 bits per heavy atom. The molecule has 0 N–H and O–H groups in total. The summed E-state index contributed by atoms with van der Waals surface area (Å²) in [4.78, 5) is 14.4. The fraction of sp³-hybridized carbons (Fsp3) is 0.375. The molecule has 0 aliphatic carbocycles.